The van der Waals surface area contributed by atoms with Gasteiger partial charge in [0.1, 0.15) is 0 Å². The third-order valence-electron chi connectivity index (χ3n) is 8.15. The van der Waals surface area contributed by atoms with Gasteiger partial charge in [-0.1, -0.05) is 36.4 Å². The van der Waals surface area contributed by atoms with Crippen LogP contribution in [0.2, 0.25) is 0 Å². The predicted octanol–water partition coefficient (Wildman–Crippen LogP) is 4.76. The number of aromatic hydroxyl groups is 1. The lowest BCUT2D eigenvalue weighted by Gasteiger charge is -2.29. The van der Waals surface area contributed by atoms with E-state index in [9.17, 15) is 14.7 Å². The van der Waals surface area contributed by atoms with Gasteiger partial charge in [-0.15, -0.1) is 0 Å². The number of aliphatic imine (C=N–C) groups is 1. The van der Waals surface area contributed by atoms with Gasteiger partial charge in [0.25, 0.3) is 0 Å². The first-order valence-corrected chi connectivity index (χ1v) is 13.8. The van der Waals surface area contributed by atoms with E-state index in [0.717, 1.165) is 60.2 Å². The Bertz CT molecular complexity index is 1620. The van der Waals surface area contributed by atoms with Crippen molar-refractivity contribution >= 4 is 39.8 Å². The van der Waals surface area contributed by atoms with Gasteiger partial charge in [-0.25, -0.2) is 4.99 Å². The lowest BCUT2D eigenvalue weighted by Crippen LogP contribution is -2.35. The lowest BCUT2D eigenvalue weighted by molar-refractivity contribution is -0.119. The Labute approximate surface area is 233 Å². The molecule has 4 N–H and O–H groups in total. The number of nitrogens with one attached hydrogen (secondary N) is 1. The number of carbonyl (C=O) groups is 2. The van der Waals surface area contributed by atoms with Crippen molar-refractivity contribution in [1.82, 2.24) is 9.88 Å². The van der Waals surface area contributed by atoms with Crippen LogP contribution >= 0.6 is 0 Å². The molecule has 2 aliphatic rings. The maximum Gasteiger partial charge on any atom is 0.248 e. The molecule has 0 spiro atoms. The molecule has 8 nitrogen and oxygen atoms in total. The molecule has 0 atom stereocenters. The van der Waals surface area contributed by atoms with Crippen LogP contribution in [0.3, 0.4) is 0 Å². The van der Waals surface area contributed by atoms with E-state index in [4.69, 9.17) is 10.7 Å². The van der Waals surface area contributed by atoms with Crippen LogP contribution in [0, 0.1) is 5.92 Å². The van der Waals surface area contributed by atoms with E-state index in [-0.39, 0.29) is 11.8 Å². The molecule has 2 aliphatic heterocycles. The van der Waals surface area contributed by atoms with Crippen LogP contribution in [0.1, 0.15) is 46.3 Å². The van der Waals surface area contributed by atoms with Gasteiger partial charge < -0.3 is 25.6 Å². The zero-order chi connectivity index (χ0) is 27.8. The summed E-state index contributed by atoms with van der Waals surface area (Å²) >= 11 is 0. The number of piperidine rings is 1. The molecule has 1 saturated heterocycles. The summed E-state index contributed by atoms with van der Waals surface area (Å²) < 4.78 is 0. The number of fused-ring (bicyclic) bond motifs is 2. The molecular formula is C32H33N5O3. The van der Waals surface area contributed by atoms with Gasteiger partial charge in [0.05, 0.1) is 17.0 Å². The topological polar surface area (TPSA) is 115 Å². The van der Waals surface area contributed by atoms with E-state index in [1.165, 1.54) is 0 Å². The summed E-state index contributed by atoms with van der Waals surface area (Å²) in [6.45, 7) is 2.79. The highest BCUT2D eigenvalue weighted by Crippen LogP contribution is 2.36. The maximum absolute atomic E-state index is 13.2. The van der Waals surface area contributed by atoms with Crippen LogP contribution in [-0.2, 0) is 11.2 Å². The van der Waals surface area contributed by atoms with E-state index in [2.05, 4.69) is 16.9 Å². The Morgan fingerprint density at radius 3 is 2.52 bits per heavy atom. The monoisotopic (exact) mass is 535 g/mol. The molecule has 6 rings (SSSR count). The largest absolute Gasteiger partial charge is 0.494 e. The number of hydrogen-bond donors (Lipinski definition) is 3. The Morgan fingerprint density at radius 2 is 1.77 bits per heavy atom. The number of benzene rings is 3. The maximum atomic E-state index is 13.2. The second-order valence-electron chi connectivity index (χ2n) is 10.9. The van der Waals surface area contributed by atoms with Crippen LogP contribution in [0.15, 0.2) is 71.7 Å². The fraction of sp³-hybridized carbons (Fsp3) is 0.281. The van der Waals surface area contributed by atoms with E-state index in [1.807, 2.05) is 53.4 Å². The molecule has 40 heavy (non-hydrogen) atoms. The highest BCUT2D eigenvalue weighted by molar-refractivity contribution is 6.22. The average molecular weight is 536 g/mol. The third-order valence-corrected chi connectivity index (χ3v) is 8.15. The number of H-pyrrole nitrogens is 1. The lowest BCUT2D eigenvalue weighted by atomic mass is 9.93. The smallest absolute Gasteiger partial charge is 0.248 e. The van der Waals surface area contributed by atoms with Crippen molar-refractivity contribution in [2.24, 2.45) is 16.6 Å². The Kier molecular flexibility index (Phi) is 6.86. The molecule has 2 amide bonds. The molecule has 0 radical (unpaired) electrons. The summed E-state index contributed by atoms with van der Waals surface area (Å²) in [6, 6.07) is 20.7. The number of nitrogens with zero attached hydrogens (tertiary/aromatic N) is 3. The average Bonchev–Trinajstić information content (AvgIpc) is 3.53. The van der Waals surface area contributed by atoms with Crippen LogP contribution in [0.4, 0.5) is 11.4 Å². The minimum Gasteiger partial charge on any atom is -0.494 e. The molecule has 8 heteroatoms. The van der Waals surface area contributed by atoms with Gasteiger partial charge in [0, 0.05) is 40.7 Å². The number of nitrogens with two attached hydrogens (primary N) is 1. The molecule has 0 aliphatic carbocycles. The van der Waals surface area contributed by atoms with Crippen LogP contribution in [0.5, 0.6) is 5.88 Å². The Hall–Kier alpha value is -4.43. The molecule has 0 unspecified atom stereocenters. The van der Waals surface area contributed by atoms with E-state index in [0.29, 0.717) is 41.2 Å². The van der Waals surface area contributed by atoms with Crippen LogP contribution < -0.4 is 10.6 Å². The minimum atomic E-state index is -0.536. The summed E-state index contributed by atoms with van der Waals surface area (Å²) in [5, 5.41) is 11.7. The van der Waals surface area contributed by atoms with Gasteiger partial charge in [-0.05, 0) is 81.2 Å². The first-order valence-electron chi connectivity index (χ1n) is 13.8. The summed E-state index contributed by atoms with van der Waals surface area (Å²) in [5.74, 6) is 0.0825. The third kappa shape index (κ3) is 4.98. The molecular weight excluding hydrogens is 502 g/mol. The highest BCUT2D eigenvalue weighted by Gasteiger charge is 2.28. The van der Waals surface area contributed by atoms with Crippen molar-refractivity contribution in [3.63, 3.8) is 0 Å². The van der Waals surface area contributed by atoms with E-state index >= 15 is 0 Å². The van der Waals surface area contributed by atoms with Crippen LogP contribution in [0.25, 0.3) is 10.9 Å². The fourth-order valence-corrected chi connectivity index (χ4v) is 5.91. The summed E-state index contributed by atoms with van der Waals surface area (Å²) in [7, 11) is 2.14. The fourth-order valence-electron chi connectivity index (χ4n) is 5.91. The molecule has 1 aromatic heterocycles. The second-order valence-corrected chi connectivity index (χ2v) is 10.9. The number of likely N-dealkylation sites (tertiary alicyclic amines) is 1. The molecule has 3 heterocycles. The minimum absolute atomic E-state index is 0.0361. The number of carbonyl (C=O) groups excluding carboxylic acids is 2. The van der Waals surface area contributed by atoms with Crippen molar-refractivity contribution in [2.45, 2.75) is 25.7 Å². The quantitative estimate of drug-likeness (QED) is 0.309. The highest BCUT2D eigenvalue weighted by atomic mass is 16.3. The number of aromatic nitrogens is 1. The number of hydrogen-bond acceptors (Lipinski definition) is 5. The first kappa shape index (κ1) is 25.8. The second kappa shape index (κ2) is 10.6. The molecule has 0 bridgehead atoms. The standard InChI is InChI=1S/C32H33N5O3/c1-36-14-11-20(12-15-36)17-28(38)37-16-13-22-18-24(8-10-27(22)37)34-30(21-5-3-2-4-6-21)29-25-9-7-23(31(33)39)19-26(25)35-32(29)40/h2-10,18-20,35,40H,11-17H2,1H3,(H2,33,39). The van der Waals surface area contributed by atoms with Gasteiger partial charge in [-0.3, -0.25) is 9.59 Å². The zero-order valence-corrected chi connectivity index (χ0v) is 22.6. The molecule has 4 aromatic rings. The number of aromatic amines is 1. The number of primary amides is 1. The molecule has 3 aromatic carbocycles. The van der Waals surface area contributed by atoms with Crippen molar-refractivity contribution in [1.29, 1.82) is 0 Å². The molecule has 1 fully saturated rings. The van der Waals surface area contributed by atoms with Crippen molar-refractivity contribution < 1.29 is 14.7 Å². The van der Waals surface area contributed by atoms with Crippen molar-refractivity contribution in [3.05, 3.63) is 89.0 Å². The summed E-state index contributed by atoms with van der Waals surface area (Å²) in [4.78, 5) is 37.2. The van der Waals surface area contributed by atoms with Gasteiger partial charge in [0.15, 0.2) is 5.88 Å². The van der Waals surface area contributed by atoms with Crippen molar-refractivity contribution in [2.75, 3.05) is 31.6 Å². The summed E-state index contributed by atoms with van der Waals surface area (Å²) in [5.41, 5.74) is 11.2. The van der Waals surface area contributed by atoms with Gasteiger partial charge in [-0.2, -0.15) is 0 Å². The molecule has 0 saturated carbocycles. The summed E-state index contributed by atoms with van der Waals surface area (Å²) in [6.07, 6.45) is 3.53. The van der Waals surface area contributed by atoms with Gasteiger partial charge >= 0.3 is 0 Å². The van der Waals surface area contributed by atoms with Gasteiger partial charge in [0.2, 0.25) is 11.8 Å². The van der Waals surface area contributed by atoms with Crippen LogP contribution in [-0.4, -0.2) is 59.2 Å². The van der Waals surface area contributed by atoms with Crippen molar-refractivity contribution in [3.8, 4) is 5.88 Å². The van der Waals surface area contributed by atoms with E-state index < -0.39 is 5.91 Å². The SMILES string of the molecule is CN1CCC(CC(=O)N2CCc3cc(N=C(c4ccccc4)c4c(O)[nH]c5cc(C(N)=O)ccc45)ccc32)CC1. The molecule has 204 valence electrons. The zero-order valence-electron chi connectivity index (χ0n) is 22.6. The Morgan fingerprint density at radius 1 is 1.00 bits per heavy atom. The Balaban J connectivity index is 1.34. The first-order chi connectivity index (χ1) is 19.4. The normalized spacial score (nSPS) is 16.4. The number of anilines is 1. The predicted molar refractivity (Wildman–Crippen MR) is 158 cm³/mol. The number of rotatable bonds is 6. The van der Waals surface area contributed by atoms with E-state index in [1.54, 1.807) is 18.2 Å². The number of amides is 2.